The molecule has 4 N–H and O–H groups in total. The zero-order chi connectivity index (χ0) is 27.7. The molecule has 4 rings (SSSR count). The van der Waals surface area contributed by atoms with Crippen molar-refractivity contribution in [3.05, 3.63) is 49.6 Å². The Labute approximate surface area is 212 Å². The molecule has 0 radical (unpaired) electrons. The summed E-state index contributed by atoms with van der Waals surface area (Å²) in [4.78, 5) is 23.5. The lowest BCUT2D eigenvalue weighted by molar-refractivity contribution is -0.208. The summed E-state index contributed by atoms with van der Waals surface area (Å²) < 4.78 is 80.0. The second-order valence-electron chi connectivity index (χ2n) is 8.19. The average Bonchev–Trinajstić information content (AvgIpc) is 3.38. The van der Waals surface area contributed by atoms with Crippen LogP contribution in [0.5, 0.6) is 0 Å². The maximum atomic E-state index is 14.3. The quantitative estimate of drug-likeness (QED) is 0.149. The van der Waals surface area contributed by atoms with Gasteiger partial charge in [0.2, 0.25) is 0 Å². The van der Waals surface area contributed by atoms with E-state index in [0.717, 1.165) is 0 Å². The van der Waals surface area contributed by atoms with Crippen molar-refractivity contribution in [2.45, 2.75) is 38.1 Å². The summed E-state index contributed by atoms with van der Waals surface area (Å²) in [6.45, 7) is 6.70. The third-order valence-corrected chi connectivity index (χ3v) is 5.95. The van der Waals surface area contributed by atoms with E-state index in [0.29, 0.717) is 0 Å². The number of hydrogen-bond donors (Lipinski definition) is 2. The number of hydrogen-bond acceptors (Lipinski definition) is 11. The van der Waals surface area contributed by atoms with Crippen LogP contribution in [-0.2, 0) is 26.7 Å². The van der Waals surface area contributed by atoms with Crippen LogP contribution in [0.25, 0.3) is 22.3 Å². The highest BCUT2D eigenvalue weighted by Crippen LogP contribution is 2.43. The van der Waals surface area contributed by atoms with Gasteiger partial charge >= 0.3 is 20.5 Å². The Morgan fingerprint density at radius 3 is 1.58 bits per heavy atom. The molecule has 13 nitrogen and oxygen atoms in total. The van der Waals surface area contributed by atoms with Gasteiger partial charge in [-0.1, -0.05) is 13.2 Å². The number of anilines is 2. The van der Waals surface area contributed by atoms with Gasteiger partial charge in [0.15, 0.2) is 22.9 Å². The average molecular weight is 556 g/mol. The lowest BCUT2D eigenvalue weighted by Gasteiger charge is -2.21. The van der Waals surface area contributed by atoms with Crippen molar-refractivity contribution in [2.24, 2.45) is 0 Å². The van der Waals surface area contributed by atoms with E-state index in [-0.39, 0.29) is 58.2 Å². The van der Waals surface area contributed by atoms with Crippen molar-refractivity contribution in [2.75, 3.05) is 11.5 Å². The number of fused-ring (bicyclic) bond motifs is 2. The number of alkyl halides is 4. The van der Waals surface area contributed by atoms with Gasteiger partial charge in [0.05, 0.1) is 25.5 Å². The molecule has 0 aliphatic heterocycles. The van der Waals surface area contributed by atoms with E-state index in [1.54, 1.807) is 0 Å². The number of nitrogens with two attached hydrogens (primary N) is 2. The van der Waals surface area contributed by atoms with Crippen LogP contribution < -0.4 is 11.5 Å². The number of imidazole rings is 2. The Balaban J connectivity index is 1.30. The summed E-state index contributed by atoms with van der Waals surface area (Å²) in [5, 5.41) is 0. The lowest BCUT2D eigenvalue weighted by atomic mass is 10.2. The first-order chi connectivity index (χ1) is 17.8. The van der Waals surface area contributed by atoms with Gasteiger partial charge in [-0.15, -0.1) is 0 Å². The van der Waals surface area contributed by atoms with Gasteiger partial charge in [0.25, 0.3) is 0 Å². The molecule has 0 saturated carbocycles. The van der Waals surface area contributed by atoms with E-state index in [1.165, 1.54) is 34.4 Å². The number of aromatic nitrogens is 8. The van der Waals surface area contributed by atoms with Crippen molar-refractivity contribution < 1.29 is 31.2 Å². The van der Waals surface area contributed by atoms with Crippen LogP contribution in [0.1, 0.15) is 12.8 Å². The van der Waals surface area contributed by atoms with Crippen molar-refractivity contribution in [1.29, 1.82) is 0 Å². The molecule has 0 fully saturated rings. The predicted octanol–water partition coefficient (Wildman–Crippen LogP) is 3.33. The van der Waals surface area contributed by atoms with Gasteiger partial charge in [0, 0.05) is 13.1 Å². The fourth-order valence-corrected chi connectivity index (χ4v) is 4.22. The molecule has 202 valence electrons. The van der Waals surface area contributed by atoms with Crippen LogP contribution in [0.3, 0.4) is 0 Å². The van der Waals surface area contributed by atoms with Crippen LogP contribution in [0.15, 0.2) is 49.6 Å². The first-order valence-corrected chi connectivity index (χ1v) is 11.9. The van der Waals surface area contributed by atoms with Crippen molar-refractivity contribution in [3.8, 4) is 0 Å². The van der Waals surface area contributed by atoms with Gasteiger partial charge < -0.3 is 20.6 Å². The van der Waals surface area contributed by atoms with E-state index in [9.17, 15) is 22.1 Å². The Bertz CT molecular complexity index is 1430. The fraction of sp³-hybridized carbons (Fsp3) is 0.300. The normalized spacial score (nSPS) is 12.6. The molecule has 0 saturated heterocycles. The molecule has 0 amide bonds. The SMILES string of the molecule is C=C(Cn1cnc2c(N)ncnc21)CC(F)(F)O[PH](=O)OC(F)(F)CC(=C)Cn1cnc2c(N)ncnc21. The first-order valence-electron chi connectivity index (χ1n) is 10.7. The Kier molecular flexibility index (Phi) is 7.44. The second kappa shape index (κ2) is 10.4. The molecule has 38 heavy (non-hydrogen) atoms. The molecule has 4 heterocycles. The van der Waals surface area contributed by atoms with Crippen molar-refractivity contribution in [1.82, 2.24) is 39.0 Å². The molecule has 0 aliphatic carbocycles. The van der Waals surface area contributed by atoms with E-state index >= 15 is 0 Å². The van der Waals surface area contributed by atoms with E-state index in [4.69, 9.17) is 11.5 Å². The summed E-state index contributed by atoms with van der Waals surface area (Å²) in [5.41, 5.74) is 12.3. The minimum atomic E-state index is -4.34. The minimum Gasteiger partial charge on any atom is -0.382 e. The maximum absolute atomic E-state index is 14.3. The first kappa shape index (κ1) is 27.1. The fourth-order valence-electron chi connectivity index (χ4n) is 3.54. The van der Waals surface area contributed by atoms with E-state index in [1.807, 2.05) is 0 Å². The zero-order valence-electron chi connectivity index (χ0n) is 19.5. The monoisotopic (exact) mass is 556 g/mol. The third-order valence-electron chi connectivity index (χ3n) is 5.02. The molecule has 0 spiro atoms. The largest absolute Gasteiger partial charge is 0.382 e. The highest BCUT2D eigenvalue weighted by molar-refractivity contribution is 7.33. The summed E-state index contributed by atoms with van der Waals surface area (Å²) >= 11 is 0. The van der Waals surface area contributed by atoms with Crippen LogP contribution in [0.2, 0.25) is 0 Å². The summed E-state index contributed by atoms with van der Waals surface area (Å²) in [6, 6.07) is 0. The molecular formula is C20H21F4N10O3P. The Morgan fingerprint density at radius 1 is 0.789 bits per heavy atom. The van der Waals surface area contributed by atoms with Gasteiger partial charge in [-0.3, -0.25) is 4.57 Å². The molecule has 4 aromatic heterocycles. The molecule has 0 aromatic carbocycles. The standard InChI is InChI=1S/C20H21F4N10O3P/c1-11(5-33-9-31-13-15(25)27-7-29-17(13)33)3-19(21,22)36-38(35)37-20(23,24)4-12(2)6-34-10-32-14-16(26)28-8-30-18(14)34/h7-10,38H,1-6H2,(H2,25,27,29)(H2,26,28,30). The molecule has 0 bridgehead atoms. The minimum absolute atomic E-state index is 0.0987. The predicted molar refractivity (Wildman–Crippen MR) is 128 cm³/mol. The Morgan fingerprint density at radius 2 is 1.18 bits per heavy atom. The molecule has 0 aliphatic rings. The van der Waals surface area contributed by atoms with Crippen LogP contribution >= 0.6 is 8.25 Å². The molecule has 18 heteroatoms. The molecule has 0 atom stereocenters. The number of halogens is 4. The topological polar surface area (TPSA) is 175 Å². The second-order valence-corrected chi connectivity index (χ2v) is 9.10. The lowest BCUT2D eigenvalue weighted by Crippen LogP contribution is -2.23. The van der Waals surface area contributed by atoms with Gasteiger partial charge in [0.1, 0.15) is 23.7 Å². The summed E-state index contributed by atoms with van der Waals surface area (Å²) in [6.07, 6.45) is -5.54. The van der Waals surface area contributed by atoms with Gasteiger partial charge in [-0.25, -0.2) is 39.0 Å². The van der Waals surface area contributed by atoms with E-state index in [2.05, 4.69) is 52.1 Å². The van der Waals surface area contributed by atoms with Gasteiger partial charge in [-0.05, 0) is 11.1 Å². The highest BCUT2D eigenvalue weighted by atomic mass is 31.1. The van der Waals surface area contributed by atoms with E-state index < -0.39 is 33.3 Å². The number of nitrogens with zero attached hydrogens (tertiary/aromatic N) is 8. The highest BCUT2D eigenvalue weighted by Gasteiger charge is 2.39. The zero-order valence-corrected chi connectivity index (χ0v) is 20.5. The molecule has 4 aromatic rings. The third kappa shape index (κ3) is 6.30. The van der Waals surface area contributed by atoms with Crippen molar-refractivity contribution in [3.63, 3.8) is 0 Å². The van der Waals surface area contributed by atoms with Gasteiger partial charge in [-0.2, -0.15) is 17.6 Å². The van der Waals surface area contributed by atoms with Crippen molar-refractivity contribution >= 4 is 42.2 Å². The van der Waals surface area contributed by atoms with Crippen LogP contribution in [-0.4, -0.2) is 51.3 Å². The summed E-state index contributed by atoms with van der Waals surface area (Å²) in [7, 11) is -4.34. The van der Waals surface area contributed by atoms with Crippen LogP contribution in [0, 0.1) is 0 Å². The smallest absolute Gasteiger partial charge is 0.366 e. The van der Waals surface area contributed by atoms with Crippen LogP contribution in [0.4, 0.5) is 29.2 Å². The maximum Gasteiger partial charge on any atom is 0.366 e. The molecule has 0 unspecified atom stereocenters. The Hall–Kier alpha value is -3.95. The molecular weight excluding hydrogens is 535 g/mol. The number of nitrogen functional groups attached to an aromatic ring is 2. The number of rotatable bonds is 12. The summed E-state index contributed by atoms with van der Waals surface area (Å²) in [5.74, 6) is 0.203.